The van der Waals surface area contributed by atoms with Gasteiger partial charge in [-0.05, 0) is 30.9 Å². The van der Waals surface area contributed by atoms with Crippen molar-refractivity contribution >= 4 is 39.1 Å². The lowest BCUT2D eigenvalue weighted by molar-refractivity contribution is -0.0543. The van der Waals surface area contributed by atoms with E-state index in [4.69, 9.17) is 4.74 Å². The van der Waals surface area contributed by atoms with Gasteiger partial charge in [0, 0.05) is 24.1 Å². The van der Waals surface area contributed by atoms with Gasteiger partial charge in [-0.2, -0.15) is 0 Å². The van der Waals surface area contributed by atoms with E-state index >= 15 is 0 Å². The smallest absolute Gasteiger partial charge is 0.263 e. The number of nitrogens with zero attached hydrogens (tertiary/aromatic N) is 4. The second kappa shape index (κ2) is 7.51. The summed E-state index contributed by atoms with van der Waals surface area (Å²) in [4.78, 5) is 15.3. The summed E-state index contributed by atoms with van der Waals surface area (Å²) in [6.45, 7) is 4.82. The van der Waals surface area contributed by atoms with Crippen molar-refractivity contribution in [2.24, 2.45) is 7.05 Å². The largest absolute Gasteiger partial charge is 0.369 e. The van der Waals surface area contributed by atoms with Crippen LogP contribution < -0.4 is 5.56 Å². The van der Waals surface area contributed by atoms with Crippen LogP contribution in [-0.4, -0.2) is 30.5 Å². The van der Waals surface area contributed by atoms with Gasteiger partial charge in [-0.1, -0.05) is 49.0 Å². The van der Waals surface area contributed by atoms with Crippen LogP contribution in [0, 0.1) is 0 Å². The monoisotopic (exact) mass is 440 g/mol. The first-order valence-corrected chi connectivity index (χ1v) is 12.0. The molecule has 0 radical (unpaired) electrons. The van der Waals surface area contributed by atoms with Crippen LogP contribution in [-0.2, 0) is 31.2 Å². The van der Waals surface area contributed by atoms with Crippen LogP contribution in [0.2, 0.25) is 0 Å². The summed E-state index contributed by atoms with van der Waals surface area (Å²) in [5, 5.41) is 10.4. The van der Waals surface area contributed by atoms with Crippen molar-refractivity contribution < 1.29 is 4.74 Å². The Morgan fingerprint density at radius 3 is 2.83 bits per heavy atom. The molecule has 3 aromatic heterocycles. The second-order valence-corrected chi connectivity index (χ2v) is 10.2. The number of ether oxygens (including phenoxy) is 1. The normalized spacial score (nSPS) is 18.9. The lowest BCUT2D eigenvalue weighted by Crippen LogP contribution is -2.34. The van der Waals surface area contributed by atoms with E-state index in [0.717, 1.165) is 50.8 Å². The fraction of sp³-hybridized carbons (Fsp3) is 0.409. The fourth-order valence-electron chi connectivity index (χ4n) is 3.99. The third-order valence-corrected chi connectivity index (χ3v) is 8.15. The Hall–Kier alpha value is -2.16. The van der Waals surface area contributed by atoms with Crippen LogP contribution >= 0.6 is 23.1 Å². The molecule has 1 aliphatic rings. The molecule has 0 spiro atoms. The zero-order valence-corrected chi connectivity index (χ0v) is 19.0. The summed E-state index contributed by atoms with van der Waals surface area (Å²) in [6.07, 6.45) is 2.64. The molecule has 8 heteroatoms. The average molecular weight is 441 g/mol. The van der Waals surface area contributed by atoms with Gasteiger partial charge >= 0.3 is 0 Å². The Bertz CT molecular complexity index is 1290. The summed E-state index contributed by atoms with van der Waals surface area (Å²) < 4.78 is 9.82. The Morgan fingerprint density at radius 1 is 1.27 bits per heavy atom. The number of hydrogen-bond acceptors (Lipinski definition) is 6. The van der Waals surface area contributed by atoms with Gasteiger partial charge in [-0.15, -0.1) is 21.5 Å². The van der Waals surface area contributed by atoms with Crippen molar-refractivity contribution in [1.82, 2.24) is 19.2 Å². The predicted molar refractivity (Wildman–Crippen MR) is 122 cm³/mol. The standard InChI is InChI=1S/C22H24N4O2S2/c1-4-22(2)12-15-16(13-28-22)30-19-17(15)18(27)25(3)20-23-24-21(26(19)20)29-11-10-14-8-6-5-7-9-14/h5-9H,4,10-13H2,1-3H3/t22-/m1/s1. The molecule has 1 aromatic carbocycles. The molecule has 0 amide bonds. The molecule has 30 heavy (non-hydrogen) atoms. The number of aromatic nitrogens is 4. The van der Waals surface area contributed by atoms with Gasteiger partial charge in [0.2, 0.25) is 5.78 Å². The highest BCUT2D eigenvalue weighted by Crippen LogP contribution is 2.39. The molecule has 4 heterocycles. The molecule has 0 saturated carbocycles. The minimum Gasteiger partial charge on any atom is -0.369 e. The maximum absolute atomic E-state index is 13.2. The zero-order chi connectivity index (χ0) is 20.9. The fourth-order valence-corrected chi connectivity index (χ4v) is 6.18. The molecule has 0 fully saturated rings. The zero-order valence-electron chi connectivity index (χ0n) is 17.3. The molecule has 5 rings (SSSR count). The number of thioether (sulfide) groups is 1. The van der Waals surface area contributed by atoms with Gasteiger partial charge in [0.05, 0.1) is 17.6 Å². The molecule has 1 atom stereocenters. The molecule has 0 aliphatic carbocycles. The number of hydrogen-bond donors (Lipinski definition) is 0. The maximum atomic E-state index is 13.2. The summed E-state index contributed by atoms with van der Waals surface area (Å²) in [5.41, 5.74) is 2.23. The first kappa shape index (κ1) is 19.8. The van der Waals surface area contributed by atoms with Gasteiger partial charge in [-0.3, -0.25) is 9.36 Å². The predicted octanol–water partition coefficient (Wildman–Crippen LogP) is 4.22. The molecule has 1 aliphatic heterocycles. The van der Waals surface area contributed by atoms with E-state index in [0.29, 0.717) is 12.4 Å². The van der Waals surface area contributed by atoms with E-state index in [1.807, 2.05) is 6.07 Å². The van der Waals surface area contributed by atoms with E-state index in [-0.39, 0.29) is 11.2 Å². The van der Waals surface area contributed by atoms with E-state index in [1.165, 1.54) is 5.56 Å². The third kappa shape index (κ3) is 3.18. The van der Waals surface area contributed by atoms with Gasteiger partial charge in [0.25, 0.3) is 5.56 Å². The Labute approximate surface area is 182 Å². The topological polar surface area (TPSA) is 61.4 Å². The molecule has 4 aromatic rings. The lowest BCUT2D eigenvalue weighted by atomic mass is 9.90. The molecule has 0 bridgehead atoms. The van der Waals surface area contributed by atoms with Gasteiger partial charge in [0.1, 0.15) is 4.83 Å². The molecular weight excluding hydrogens is 416 g/mol. The Balaban J connectivity index is 1.59. The number of rotatable bonds is 5. The highest BCUT2D eigenvalue weighted by atomic mass is 32.2. The number of thiophene rings is 1. The maximum Gasteiger partial charge on any atom is 0.263 e. The van der Waals surface area contributed by atoms with Crippen LogP contribution in [0.1, 0.15) is 36.3 Å². The van der Waals surface area contributed by atoms with Crippen molar-refractivity contribution in [1.29, 1.82) is 0 Å². The SMILES string of the molecule is CC[C@]1(C)Cc2c(sc3c2c(=O)n(C)c2nnc(SCCc4ccccc4)n32)CO1. The summed E-state index contributed by atoms with van der Waals surface area (Å²) >= 11 is 3.32. The highest BCUT2D eigenvalue weighted by Gasteiger charge is 2.33. The minimum atomic E-state index is -0.221. The van der Waals surface area contributed by atoms with Gasteiger partial charge in [0.15, 0.2) is 5.16 Å². The highest BCUT2D eigenvalue weighted by molar-refractivity contribution is 7.99. The van der Waals surface area contributed by atoms with Crippen LogP contribution in [0.15, 0.2) is 40.3 Å². The molecular formula is C22H24N4O2S2. The summed E-state index contributed by atoms with van der Waals surface area (Å²) in [7, 11) is 1.78. The molecule has 0 saturated heterocycles. The molecule has 0 unspecified atom stereocenters. The summed E-state index contributed by atoms with van der Waals surface area (Å²) in [5.74, 6) is 1.49. The van der Waals surface area contributed by atoms with Crippen molar-refractivity contribution in [3.05, 3.63) is 56.7 Å². The van der Waals surface area contributed by atoms with Crippen LogP contribution in [0.4, 0.5) is 0 Å². The van der Waals surface area contributed by atoms with Crippen LogP contribution in [0.3, 0.4) is 0 Å². The third-order valence-electron chi connectivity index (χ3n) is 6.03. The Kier molecular flexibility index (Phi) is 4.95. The van der Waals surface area contributed by atoms with Crippen molar-refractivity contribution in [2.75, 3.05) is 5.75 Å². The first-order valence-electron chi connectivity index (χ1n) is 10.2. The number of aryl methyl sites for hydroxylation is 2. The van der Waals surface area contributed by atoms with Crippen molar-refractivity contribution in [2.45, 2.75) is 50.5 Å². The van der Waals surface area contributed by atoms with E-state index in [1.54, 1.807) is 34.7 Å². The van der Waals surface area contributed by atoms with Crippen LogP contribution in [0.25, 0.3) is 16.0 Å². The van der Waals surface area contributed by atoms with Gasteiger partial charge < -0.3 is 4.74 Å². The van der Waals surface area contributed by atoms with E-state index in [9.17, 15) is 4.79 Å². The summed E-state index contributed by atoms with van der Waals surface area (Å²) in [6, 6.07) is 10.4. The van der Waals surface area contributed by atoms with Gasteiger partial charge in [-0.25, -0.2) is 4.40 Å². The Morgan fingerprint density at radius 2 is 2.07 bits per heavy atom. The molecule has 0 N–H and O–H groups in total. The molecule has 156 valence electrons. The van der Waals surface area contributed by atoms with Crippen molar-refractivity contribution in [3.63, 3.8) is 0 Å². The number of fused-ring (bicyclic) bond motifs is 5. The average Bonchev–Trinajstić information content (AvgIpc) is 3.34. The minimum absolute atomic E-state index is 0.00332. The number of benzene rings is 1. The lowest BCUT2D eigenvalue weighted by Gasteiger charge is -2.32. The van der Waals surface area contributed by atoms with E-state index < -0.39 is 0 Å². The second-order valence-electron chi connectivity index (χ2n) is 8.02. The molecule has 6 nitrogen and oxygen atoms in total. The quantitative estimate of drug-likeness (QED) is 0.435. The van der Waals surface area contributed by atoms with Crippen LogP contribution in [0.5, 0.6) is 0 Å². The first-order chi connectivity index (χ1) is 14.5. The van der Waals surface area contributed by atoms with Crippen molar-refractivity contribution in [3.8, 4) is 0 Å². The van der Waals surface area contributed by atoms with E-state index in [2.05, 4.69) is 52.7 Å².